The molecular formula is C14H18N2O3. The molecule has 0 aliphatic carbocycles. The van der Waals surface area contributed by atoms with Gasteiger partial charge in [-0.2, -0.15) is 0 Å². The zero-order chi connectivity index (χ0) is 14.0. The van der Waals surface area contributed by atoms with Gasteiger partial charge in [0.2, 0.25) is 0 Å². The number of fused-ring (bicyclic) bond motifs is 1. The molecule has 5 nitrogen and oxygen atoms in total. The Morgan fingerprint density at radius 1 is 1.47 bits per heavy atom. The van der Waals surface area contributed by atoms with Gasteiger partial charge in [-0.15, -0.1) is 0 Å². The van der Waals surface area contributed by atoms with Crippen molar-refractivity contribution in [2.24, 2.45) is 0 Å². The van der Waals surface area contributed by atoms with Crippen molar-refractivity contribution < 1.29 is 14.7 Å². The van der Waals surface area contributed by atoms with Crippen LogP contribution in [0.15, 0.2) is 18.2 Å². The number of rotatable bonds is 5. The highest BCUT2D eigenvalue weighted by molar-refractivity contribution is 6.00. The van der Waals surface area contributed by atoms with Crippen LogP contribution >= 0.6 is 0 Å². The summed E-state index contributed by atoms with van der Waals surface area (Å²) in [7, 11) is 1.64. The van der Waals surface area contributed by atoms with Crippen LogP contribution in [0, 0.1) is 0 Å². The minimum atomic E-state index is -0.930. The van der Waals surface area contributed by atoms with E-state index >= 15 is 0 Å². The second-order valence-electron chi connectivity index (χ2n) is 4.90. The quantitative estimate of drug-likeness (QED) is 0.781. The second kappa shape index (κ2) is 5.40. The Morgan fingerprint density at radius 3 is 2.89 bits per heavy atom. The molecule has 0 radical (unpaired) electrons. The standard InChI is InChI=1S/C14H18N2O3/c1-9(16(2)8-13(17)18)14(19)11-3-4-12-10(7-11)5-6-15-12/h3-4,7,9,15H,5-6,8H2,1-2H3,(H,17,18). The number of carboxylic acid groups (broad SMARTS) is 1. The number of likely N-dealkylation sites (N-methyl/N-ethyl adjacent to an activating group) is 1. The summed E-state index contributed by atoms with van der Waals surface area (Å²) in [6.45, 7) is 2.50. The van der Waals surface area contributed by atoms with Gasteiger partial charge in [0.1, 0.15) is 0 Å². The normalized spacial score (nSPS) is 14.9. The van der Waals surface area contributed by atoms with Crippen LogP contribution in [-0.4, -0.2) is 47.9 Å². The molecule has 0 bridgehead atoms. The number of carbonyl (C=O) groups is 2. The molecule has 1 heterocycles. The minimum Gasteiger partial charge on any atom is -0.480 e. The zero-order valence-corrected chi connectivity index (χ0v) is 11.1. The summed E-state index contributed by atoms with van der Waals surface area (Å²) in [6, 6.07) is 5.18. The predicted octanol–water partition coefficient (Wildman–Crippen LogP) is 1.24. The maximum absolute atomic E-state index is 12.3. The fraction of sp³-hybridized carbons (Fsp3) is 0.429. The average Bonchev–Trinajstić information content (AvgIpc) is 2.83. The lowest BCUT2D eigenvalue weighted by Crippen LogP contribution is -2.39. The molecular weight excluding hydrogens is 244 g/mol. The number of ketones is 1. The molecule has 0 spiro atoms. The number of hydrogen-bond acceptors (Lipinski definition) is 4. The molecule has 1 aliphatic heterocycles. The van der Waals surface area contributed by atoms with Crippen molar-refractivity contribution in [2.75, 3.05) is 25.5 Å². The summed E-state index contributed by atoms with van der Waals surface area (Å²) in [5.74, 6) is -0.973. The number of anilines is 1. The summed E-state index contributed by atoms with van der Waals surface area (Å²) in [5.41, 5.74) is 2.88. The molecule has 1 unspecified atom stereocenters. The predicted molar refractivity (Wildman–Crippen MR) is 72.7 cm³/mol. The fourth-order valence-corrected chi connectivity index (χ4v) is 2.25. The van der Waals surface area contributed by atoms with Crippen molar-refractivity contribution in [1.82, 2.24) is 4.90 Å². The number of hydrogen-bond donors (Lipinski definition) is 2. The number of Topliss-reactive ketones (excluding diaryl/α,β-unsaturated/α-hetero) is 1. The molecule has 2 rings (SSSR count). The van der Waals surface area contributed by atoms with Gasteiger partial charge in [-0.1, -0.05) is 0 Å². The number of carbonyl (C=O) groups excluding carboxylic acids is 1. The van der Waals surface area contributed by atoms with E-state index in [1.54, 1.807) is 20.0 Å². The van der Waals surface area contributed by atoms with Gasteiger partial charge in [0.05, 0.1) is 12.6 Å². The van der Waals surface area contributed by atoms with Crippen LogP contribution in [0.4, 0.5) is 5.69 Å². The van der Waals surface area contributed by atoms with Crippen LogP contribution in [0.1, 0.15) is 22.8 Å². The van der Waals surface area contributed by atoms with E-state index in [4.69, 9.17) is 5.11 Å². The highest BCUT2D eigenvalue weighted by atomic mass is 16.4. The molecule has 1 aliphatic rings. The first-order valence-corrected chi connectivity index (χ1v) is 6.32. The molecule has 102 valence electrons. The van der Waals surface area contributed by atoms with E-state index in [0.29, 0.717) is 5.56 Å². The van der Waals surface area contributed by atoms with Crippen molar-refractivity contribution in [3.8, 4) is 0 Å². The fourth-order valence-electron chi connectivity index (χ4n) is 2.25. The Hall–Kier alpha value is -1.88. The Bertz CT molecular complexity index is 513. The monoisotopic (exact) mass is 262 g/mol. The maximum atomic E-state index is 12.3. The van der Waals surface area contributed by atoms with Crippen molar-refractivity contribution in [3.63, 3.8) is 0 Å². The Morgan fingerprint density at radius 2 is 2.21 bits per heavy atom. The van der Waals surface area contributed by atoms with Crippen molar-refractivity contribution in [1.29, 1.82) is 0 Å². The van der Waals surface area contributed by atoms with E-state index in [1.165, 1.54) is 4.90 Å². The van der Waals surface area contributed by atoms with E-state index in [-0.39, 0.29) is 12.3 Å². The van der Waals surface area contributed by atoms with Crippen LogP contribution < -0.4 is 5.32 Å². The summed E-state index contributed by atoms with van der Waals surface area (Å²) in [6.07, 6.45) is 0.926. The molecule has 2 N–H and O–H groups in total. The number of aliphatic carboxylic acids is 1. The summed E-state index contributed by atoms with van der Waals surface area (Å²) >= 11 is 0. The van der Waals surface area contributed by atoms with E-state index in [0.717, 1.165) is 24.2 Å². The van der Waals surface area contributed by atoms with Crippen LogP contribution in [0.2, 0.25) is 0 Å². The molecule has 0 saturated carbocycles. The van der Waals surface area contributed by atoms with Gasteiger partial charge in [-0.25, -0.2) is 0 Å². The highest BCUT2D eigenvalue weighted by Crippen LogP contribution is 2.23. The number of nitrogens with one attached hydrogen (secondary N) is 1. The number of carboxylic acids is 1. The molecule has 1 aromatic rings. The smallest absolute Gasteiger partial charge is 0.317 e. The lowest BCUT2D eigenvalue weighted by molar-refractivity contribution is -0.138. The molecule has 19 heavy (non-hydrogen) atoms. The van der Waals surface area contributed by atoms with Crippen molar-refractivity contribution in [2.45, 2.75) is 19.4 Å². The molecule has 0 aromatic heterocycles. The number of benzene rings is 1. The Kier molecular flexibility index (Phi) is 3.85. The van der Waals surface area contributed by atoms with Crippen LogP contribution in [-0.2, 0) is 11.2 Å². The maximum Gasteiger partial charge on any atom is 0.317 e. The van der Waals surface area contributed by atoms with Crippen LogP contribution in [0.5, 0.6) is 0 Å². The highest BCUT2D eigenvalue weighted by Gasteiger charge is 2.22. The molecule has 0 amide bonds. The summed E-state index contributed by atoms with van der Waals surface area (Å²) in [5, 5.41) is 12.0. The second-order valence-corrected chi connectivity index (χ2v) is 4.90. The van der Waals surface area contributed by atoms with Crippen molar-refractivity contribution >= 4 is 17.4 Å². The minimum absolute atomic E-state index is 0.0431. The van der Waals surface area contributed by atoms with Gasteiger partial charge >= 0.3 is 5.97 Å². The van der Waals surface area contributed by atoms with Gasteiger partial charge in [0.15, 0.2) is 5.78 Å². The van der Waals surface area contributed by atoms with Gasteiger partial charge in [0, 0.05) is 17.8 Å². The first-order valence-electron chi connectivity index (χ1n) is 6.32. The van der Waals surface area contributed by atoms with Gasteiger partial charge in [-0.3, -0.25) is 14.5 Å². The summed E-state index contributed by atoms with van der Waals surface area (Å²) in [4.78, 5) is 24.5. The molecule has 0 fully saturated rings. The molecule has 1 atom stereocenters. The van der Waals surface area contributed by atoms with E-state index in [9.17, 15) is 9.59 Å². The van der Waals surface area contributed by atoms with Gasteiger partial charge < -0.3 is 10.4 Å². The first-order chi connectivity index (χ1) is 8.99. The Balaban J connectivity index is 2.13. The topological polar surface area (TPSA) is 69.6 Å². The third-order valence-corrected chi connectivity index (χ3v) is 3.52. The third-order valence-electron chi connectivity index (χ3n) is 3.52. The zero-order valence-electron chi connectivity index (χ0n) is 11.1. The van der Waals surface area contributed by atoms with Crippen LogP contribution in [0.25, 0.3) is 0 Å². The van der Waals surface area contributed by atoms with E-state index in [1.807, 2.05) is 12.1 Å². The van der Waals surface area contributed by atoms with Gasteiger partial charge in [0.25, 0.3) is 0 Å². The lowest BCUT2D eigenvalue weighted by Gasteiger charge is -2.21. The molecule has 5 heteroatoms. The van der Waals surface area contributed by atoms with Crippen LogP contribution in [0.3, 0.4) is 0 Å². The average molecular weight is 262 g/mol. The summed E-state index contributed by atoms with van der Waals surface area (Å²) < 4.78 is 0. The van der Waals surface area contributed by atoms with Gasteiger partial charge in [-0.05, 0) is 44.2 Å². The largest absolute Gasteiger partial charge is 0.480 e. The molecule has 1 aromatic carbocycles. The van der Waals surface area contributed by atoms with E-state index in [2.05, 4.69) is 5.32 Å². The molecule has 0 saturated heterocycles. The van der Waals surface area contributed by atoms with E-state index < -0.39 is 12.0 Å². The Labute approximate surface area is 112 Å². The van der Waals surface area contributed by atoms with Crippen molar-refractivity contribution in [3.05, 3.63) is 29.3 Å². The SMILES string of the molecule is CC(C(=O)c1ccc2c(c1)CCN2)N(C)CC(=O)O. The number of nitrogens with zero attached hydrogens (tertiary/aromatic N) is 1. The third kappa shape index (κ3) is 2.93. The first kappa shape index (κ1) is 13.5. The lowest BCUT2D eigenvalue weighted by atomic mass is 10.0.